The molecule has 0 saturated heterocycles. The molecule has 2 bridgehead atoms. The maximum absolute atomic E-state index is 6.30. The van der Waals surface area contributed by atoms with E-state index >= 15 is 0 Å². The molecule has 19 heavy (non-hydrogen) atoms. The molecule has 96 valence electrons. The van der Waals surface area contributed by atoms with E-state index in [4.69, 9.17) is 11.6 Å². The maximum Gasteiger partial charge on any atom is 0.0263 e. The van der Waals surface area contributed by atoms with Gasteiger partial charge in [-0.2, -0.15) is 0 Å². The van der Waals surface area contributed by atoms with E-state index < -0.39 is 0 Å². The zero-order valence-corrected chi connectivity index (χ0v) is 11.8. The minimum atomic E-state index is 0.491. The summed E-state index contributed by atoms with van der Waals surface area (Å²) >= 11 is 6.30. The highest BCUT2D eigenvalue weighted by molar-refractivity contribution is 6.18. The molecule has 0 N–H and O–H groups in total. The number of hydrogen-bond donors (Lipinski definition) is 0. The number of fused-ring (bicyclic) bond motifs is 1. The Hall–Kier alpha value is -1.27. The van der Waals surface area contributed by atoms with Crippen molar-refractivity contribution in [3.8, 4) is 0 Å². The van der Waals surface area contributed by atoms with E-state index in [0.717, 1.165) is 5.88 Å². The lowest BCUT2D eigenvalue weighted by Gasteiger charge is -2.49. The fourth-order valence-corrected chi connectivity index (χ4v) is 4.76. The van der Waals surface area contributed by atoms with Crippen molar-refractivity contribution in [3.05, 3.63) is 70.8 Å². The Morgan fingerprint density at radius 3 is 1.63 bits per heavy atom. The molecule has 0 unspecified atom stereocenters. The van der Waals surface area contributed by atoms with Crippen LogP contribution in [-0.2, 0) is 0 Å². The van der Waals surface area contributed by atoms with Crippen LogP contribution in [0.5, 0.6) is 0 Å². The van der Waals surface area contributed by atoms with Crippen molar-refractivity contribution >= 4 is 11.6 Å². The summed E-state index contributed by atoms with van der Waals surface area (Å²) in [7, 11) is 0. The molecular formula is C18H17Cl. The summed E-state index contributed by atoms with van der Waals surface area (Å²) in [6.07, 6.45) is 0. The number of hydrogen-bond acceptors (Lipinski definition) is 0. The summed E-state index contributed by atoms with van der Waals surface area (Å²) < 4.78 is 0. The second kappa shape index (κ2) is 4.11. The SMILES string of the molecule is C[C@@H]1C2c3ccccc3C(c3ccccc32)[C@@H]1CCl. The summed E-state index contributed by atoms with van der Waals surface area (Å²) in [6.45, 7) is 2.37. The molecule has 2 aromatic carbocycles. The van der Waals surface area contributed by atoms with Crippen molar-refractivity contribution in [1.29, 1.82) is 0 Å². The topological polar surface area (TPSA) is 0 Å². The number of alkyl halides is 1. The van der Waals surface area contributed by atoms with E-state index in [1.165, 1.54) is 22.3 Å². The van der Waals surface area contributed by atoms with Crippen LogP contribution in [0.15, 0.2) is 48.5 Å². The van der Waals surface area contributed by atoms with E-state index in [1.807, 2.05) is 0 Å². The van der Waals surface area contributed by atoms with Crippen LogP contribution in [0.25, 0.3) is 0 Å². The smallest absolute Gasteiger partial charge is 0.0263 e. The first-order valence-corrected chi connectivity index (χ1v) is 7.60. The third-order valence-electron chi connectivity index (χ3n) is 5.14. The van der Waals surface area contributed by atoms with E-state index in [1.54, 1.807) is 0 Å². The molecular weight excluding hydrogens is 252 g/mol. The van der Waals surface area contributed by atoms with Gasteiger partial charge < -0.3 is 0 Å². The van der Waals surface area contributed by atoms with Crippen molar-refractivity contribution in [2.24, 2.45) is 11.8 Å². The Morgan fingerprint density at radius 1 is 0.789 bits per heavy atom. The standard InChI is InChI=1S/C18H17Cl/c1-11-16(10-19)18-14-8-4-2-6-12(14)17(11)13-7-3-5-9-15(13)18/h2-9,11,16-18H,10H2,1H3/t11-,16+,17?,18?/m0/s1. The van der Waals surface area contributed by atoms with Gasteiger partial charge in [0.15, 0.2) is 0 Å². The summed E-state index contributed by atoms with van der Waals surface area (Å²) in [5.41, 5.74) is 6.07. The average molecular weight is 269 g/mol. The van der Waals surface area contributed by atoms with Crippen LogP contribution >= 0.6 is 11.6 Å². The number of rotatable bonds is 1. The second-order valence-corrected chi connectivity index (χ2v) is 6.20. The van der Waals surface area contributed by atoms with Gasteiger partial charge in [0.05, 0.1) is 0 Å². The molecule has 1 heteroatoms. The number of benzene rings is 2. The Bertz CT molecular complexity index is 584. The highest BCUT2D eigenvalue weighted by atomic mass is 35.5. The predicted molar refractivity (Wildman–Crippen MR) is 79.9 cm³/mol. The molecule has 0 heterocycles. The zero-order valence-electron chi connectivity index (χ0n) is 11.0. The Morgan fingerprint density at radius 2 is 1.21 bits per heavy atom. The molecule has 0 radical (unpaired) electrons. The van der Waals surface area contributed by atoms with Crippen LogP contribution in [0, 0.1) is 11.8 Å². The van der Waals surface area contributed by atoms with Gasteiger partial charge in [-0.05, 0) is 34.1 Å². The minimum Gasteiger partial charge on any atom is -0.126 e. The average Bonchev–Trinajstić information content (AvgIpc) is 2.47. The molecule has 0 aromatic heterocycles. The van der Waals surface area contributed by atoms with E-state index in [9.17, 15) is 0 Å². The molecule has 0 aliphatic heterocycles. The lowest BCUT2D eigenvalue weighted by Crippen LogP contribution is -2.39. The van der Waals surface area contributed by atoms with Crippen molar-refractivity contribution < 1.29 is 0 Å². The maximum atomic E-state index is 6.30. The zero-order chi connectivity index (χ0) is 13.0. The van der Waals surface area contributed by atoms with Gasteiger partial charge in [-0.3, -0.25) is 0 Å². The van der Waals surface area contributed by atoms with E-state index in [2.05, 4.69) is 55.5 Å². The monoisotopic (exact) mass is 268 g/mol. The first kappa shape index (κ1) is 11.5. The predicted octanol–water partition coefficient (Wildman–Crippen LogP) is 4.77. The van der Waals surface area contributed by atoms with Crippen LogP contribution in [-0.4, -0.2) is 5.88 Å². The van der Waals surface area contributed by atoms with Gasteiger partial charge in [-0.1, -0.05) is 55.5 Å². The summed E-state index contributed by atoms with van der Waals surface area (Å²) in [4.78, 5) is 0. The van der Waals surface area contributed by atoms with Gasteiger partial charge in [0.25, 0.3) is 0 Å². The lowest BCUT2D eigenvalue weighted by molar-refractivity contribution is 0.274. The van der Waals surface area contributed by atoms with Crippen molar-refractivity contribution in [3.63, 3.8) is 0 Å². The normalized spacial score (nSPS) is 30.8. The first-order valence-electron chi connectivity index (χ1n) is 7.06. The Labute approximate surface area is 119 Å². The highest BCUT2D eigenvalue weighted by Gasteiger charge is 2.46. The molecule has 0 saturated carbocycles. The lowest BCUT2D eigenvalue weighted by atomic mass is 9.55. The van der Waals surface area contributed by atoms with Gasteiger partial charge in [-0.15, -0.1) is 11.6 Å². The molecule has 0 nitrogen and oxygen atoms in total. The van der Waals surface area contributed by atoms with Crippen LogP contribution in [0.3, 0.4) is 0 Å². The third-order valence-corrected chi connectivity index (χ3v) is 5.50. The van der Waals surface area contributed by atoms with Gasteiger partial charge in [0.1, 0.15) is 0 Å². The first-order chi connectivity index (χ1) is 9.33. The fourth-order valence-electron chi connectivity index (χ4n) is 4.30. The Kier molecular flexibility index (Phi) is 2.50. The largest absolute Gasteiger partial charge is 0.126 e. The summed E-state index contributed by atoms with van der Waals surface area (Å²) in [5, 5.41) is 0. The molecule has 0 fully saturated rings. The molecule has 3 aliphatic carbocycles. The van der Waals surface area contributed by atoms with Gasteiger partial charge >= 0.3 is 0 Å². The molecule has 3 aliphatic rings. The van der Waals surface area contributed by atoms with Crippen LogP contribution in [0.1, 0.15) is 41.0 Å². The summed E-state index contributed by atoms with van der Waals surface area (Å²) in [6, 6.07) is 17.9. The van der Waals surface area contributed by atoms with Crippen LogP contribution in [0.4, 0.5) is 0 Å². The van der Waals surface area contributed by atoms with Crippen molar-refractivity contribution in [2.45, 2.75) is 18.8 Å². The van der Waals surface area contributed by atoms with Crippen molar-refractivity contribution in [1.82, 2.24) is 0 Å². The second-order valence-electron chi connectivity index (χ2n) is 5.89. The van der Waals surface area contributed by atoms with Crippen LogP contribution < -0.4 is 0 Å². The summed E-state index contributed by atoms with van der Waals surface area (Å²) in [5.74, 6) is 2.97. The molecule has 0 amide bonds. The quantitative estimate of drug-likeness (QED) is 0.654. The molecule has 2 aromatic rings. The molecule has 0 spiro atoms. The molecule has 2 atom stereocenters. The van der Waals surface area contributed by atoms with E-state index in [-0.39, 0.29) is 0 Å². The third kappa shape index (κ3) is 1.41. The Balaban J connectivity index is 2.03. The van der Waals surface area contributed by atoms with Crippen molar-refractivity contribution in [2.75, 3.05) is 5.88 Å². The minimum absolute atomic E-state index is 0.491. The van der Waals surface area contributed by atoms with E-state index in [0.29, 0.717) is 23.7 Å². The van der Waals surface area contributed by atoms with Gasteiger partial charge in [-0.25, -0.2) is 0 Å². The van der Waals surface area contributed by atoms with Gasteiger partial charge in [0.2, 0.25) is 0 Å². The highest BCUT2D eigenvalue weighted by Crippen LogP contribution is 2.58. The number of halogens is 1. The fraction of sp³-hybridized carbons (Fsp3) is 0.333. The molecule has 5 rings (SSSR count). The van der Waals surface area contributed by atoms with Crippen LogP contribution in [0.2, 0.25) is 0 Å². The van der Waals surface area contributed by atoms with Gasteiger partial charge in [0, 0.05) is 17.7 Å².